The Morgan fingerprint density at radius 2 is 1.36 bits per heavy atom. The van der Waals surface area contributed by atoms with Gasteiger partial charge in [-0.1, -0.05) is 0 Å². The lowest BCUT2D eigenvalue weighted by molar-refractivity contribution is -0.142. The predicted octanol–water partition coefficient (Wildman–Crippen LogP) is -2.12. The Hall–Kier alpha value is -2.23. The van der Waals surface area contributed by atoms with Crippen molar-refractivity contribution in [3.8, 4) is 0 Å². The summed E-state index contributed by atoms with van der Waals surface area (Å²) < 4.78 is 12.4. The van der Waals surface area contributed by atoms with Crippen molar-refractivity contribution in [1.29, 1.82) is 0 Å². The van der Waals surface area contributed by atoms with Crippen molar-refractivity contribution in [2.75, 3.05) is 6.67 Å². The molecule has 0 unspecified atom stereocenters. The molecule has 0 saturated carbocycles. The van der Waals surface area contributed by atoms with E-state index in [1.54, 1.807) is 0 Å². The van der Waals surface area contributed by atoms with Crippen molar-refractivity contribution >= 4 is 23.7 Å². The van der Waals surface area contributed by atoms with Gasteiger partial charge in [0.1, 0.15) is 18.8 Å². The molecule has 22 heavy (non-hydrogen) atoms. The van der Waals surface area contributed by atoms with Crippen molar-refractivity contribution in [3.63, 3.8) is 0 Å². The van der Waals surface area contributed by atoms with Gasteiger partial charge in [0.25, 0.3) is 0 Å². The number of amides is 3. The number of hydrogen-bond acceptors (Lipinski definition) is 5. The molecule has 0 aromatic carbocycles. The van der Waals surface area contributed by atoms with Crippen LogP contribution in [-0.4, -0.2) is 59.6 Å². The normalized spacial score (nSPS) is 15.9. The van der Waals surface area contributed by atoms with Crippen molar-refractivity contribution in [1.82, 2.24) is 16.0 Å². The molecule has 6 N–H and O–H groups in total. The van der Waals surface area contributed by atoms with E-state index in [1.165, 1.54) is 20.8 Å². The highest BCUT2D eigenvalue weighted by Crippen LogP contribution is 1.92. The second-order valence-corrected chi connectivity index (χ2v) is 4.80. The molecule has 10 heteroatoms. The summed E-state index contributed by atoms with van der Waals surface area (Å²) in [4.78, 5) is 45.3. The van der Waals surface area contributed by atoms with E-state index < -0.39 is 54.5 Å². The molecule has 9 nitrogen and oxygen atoms in total. The first-order valence-corrected chi connectivity index (χ1v) is 6.55. The Bertz CT molecular complexity index is 443. The Labute approximate surface area is 126 Å². The molecule has 0 heterocycles. The summed E-state index contributed by atoms with van der Waals surface area (Å²) in [6.45, 7) is 2.86. The number of aliphatic carboxylic acids is 1. The second-order valence-electron chi connectivity index (χ2n) is 4.80. The number of nitrogens with one attached hydrogen (secondary N) is 3. The summed E-state index contributed by atoms with van der Waals surface area (Å²) in [6.07, 6.45) is 0. The van der Waals surface area contributed by atoms with Crippen LogP contribution >= 0.6 is 0 Å². The minimum atomic E-state index is -1.68. The van der Waals surface area contributed by atoms with E-state index >= 15 is 0 Å². The molecule has 0 spiro atoms. The van der Waals surface area contributed by atoms with Crippen molar-refractivity contribution in [2.24, 2.45) is 5.73 Å². The summed E-state index contributed by atoms with van der Waals surface area (Å²) in [5.41, 5.74) is 5.33. The predicted molar refractivity (Wildman–Crippen MR) is 74.4 cm³/mol. The van der Waals surface area contributed by atoms with Crippen LogP contribution in [0.3, 0.4) is 0 Å². The van der Waals surface area contributed by atoms with Gasteiger partial charge >= 0.3 is 5.97 Å². The van der Waals surface area contributed by atoms with E-state index in [0.717, 1.165) is 0 Å². The van der Waals surface area contributed by atoms with Gasteiger partial charge in [0.2, 0.25) is 17.7 Å². The van der Waals surface area contributed by atoms with Gasteiger partial charge in [0.05, 0.1) is 6.04 Å². The number of nitrogens with two attached hydrogens (primary N) is 1. The molecular weight excluding hydrogens is 299 g/mol. The highest BCUT2D eigenvalue weighted by atomic mass is 19.1. The van der Waals surface area contributed by atoms with Gasteiger partial charge in [0, 0.05) is 0 Å². The number of hydrogen-bond donors (Lipinski definition) is 5. The largest absolute Gasteiger partial charge is 0.480 e. The molecule has 0 bridgehead atoms. The van der Waals surface area contributed by atoms with Gasteiger partial charge < -0.3 is 26.8 Å². The van der Waals surface area contributed by atoms with E-state index in [9.17, 15) is 23.6 Å². The van der Waals surface area contributed by atoms with Gasteiger partial charge in [-0.3, -0.25) is 14.4 Å². The molecular formula is C12H21FN4O5. The Morgan fingerprint density at radius 1 is 0.955 bits per heavy atom. The molecule has 0 aliphatic carbocycles. The van der Waals surface area contributed by atoms with Crippen molar-refractivity contribution in [2.45, 2.75) is 44.9 Å². The number of halogens is 1. The van der Waals surface area contributed by atoms with Crippen LogP contribution in [-0.2, 0) is 19.2 Å². The second kappa shape index (κ2) is 8.93. The Balaban J connectivity index is 4.48. The minimum absolute atomic E-state index is 0.539. The summed E-state index contributed by atoms with van der Waals surface area (Å²) in [6, 6.07) is -4.51. The number of rotatable bonds is 8. The fourth-order valence-corrected chi connectivity index (χ4v) is 1.28. The van der Waals surface area contributed by atoms with E-state index in [4.69, 9.17) is 10.8 Å². The summed E-state index contributed by atoms with van der Waals surface area (Å²) in [7, 11) is 0. The fourth-order valence-electron chi connectivity index (χ4n) is 1.28. The number of carbonyl (C=O) groups is 4. The topological polar surface area (TPSA) is 151 Å². The molecule has 0 radical (unpaired) electrons. The number of carboxylic acids is 1. The molecule has 0 aliphatic rings. The maximum atomic E-state index is 12.4. The van der Waals surface area contributed by atoms with Gasteiger partial charge in [-0.25, -0.2) is 9.18 Å². The lowest BCUT2D eigenvalue weighted by Gasteiger charge is -2.20. The van der Waals surface area contributed by atoms with Crippen LogP contribution in [0.15, 0.2) is 0 Å². The SMILES string of the molecule is C[C@H](N)C(=O)N[C@@H](C)C(=O)N[C@@H](C)C(=O)N[C@@H](CF)C(=O)O. The van der Waals surface area contributed by atoms with Gasteiger partial charge in [-0.15, -0.1) is 0 Å². The van der Waals surface area contributed by atoms with Gasteiger partial charge in [-0.05, 0) is 20.8 Å². The number of alkyl halides is 1. The smallest absolute Gasteiger partial charge is 0.328 e. The Kier molecular flexibility index (Phi) is 8.02. The lowest BCUT2D eigenvalue weighted by Crippen LogP contribution is -2.55. The first kappa shape index (κ1) is 19.8. The number of carbonyl (C=O) groups excluding carboxylic acids is 3. The monoisotopic (exact) mass is 320 g/mol. The molecule has 3 amide bonds. The maximum Gasteiger partial charge on any atom is 0.328 e. The van der Waals surface area contributed by atoms with Crippen molar-refractivity contribution < 1.29 is 28.7 Å². The molecule has 0 saturated heterocycles. The molecule has 0 rings (SSSR count). The zero-order chi connectivity index (χ0) is 17.4. The third-order valence-electron chi connectivity index (χ3n) is 2.69. The quantitative estimate of drug-likeness (QED) is 0.345. The first-order valence-electron chi connectivity index (χ1n) is 6.55. The average molecular weight is 320 g/mol. The highest BCUT2D eigenvalue weighted by molar-refractivity contribution is 5.93. The summed E-state index contributed by atoms with van der Waals surface area (Å²) >= 11 is 0. The minimum Gasteiger partial charge on any atom is -0.480 e. The molecule has 0 aromatic heterocycles. The van der Waals surface area contributed by atoms with E-state index in [0.29, 0.717) is 0 Å². The molecule has 0 aromatic rings. The van der Waals surface area contributed by atoms with Crippen molar-refractivity contribution in [3.05, 3.63) is 0 Å². The van der Waals surface area contributed by atoms with Crippen LogP contribution in [0.4, 0.5) is 4.39 Å². The van der Waals surface area contributed by atoms with Crippen LogP contribution in [0.25, 0.3) is 0 Å². The third kappa shape index (κ3) is 6.48. The van der Waals surface area contributed by atoms with Crippen LogP contribution < -0.4 is 21.7 Å². The average Bonchev–Trinajstić information content (AvgIpc) is 2.43. The number of carboxylic acid groups (broad SMARTS) is 1. The standard InChI is InChI=1S/C12H21FN4O5/c1-5(14)9(18)15-6(2)10(19)16-7(3)11(20)17-8(4-13)12(21)22/h5-8H,4,14H2,1-3H3,(H,15,18)(H,16,19)(H,17,20)(H,21,22)/t5-,6-,7-,8-/m0/s1. The highest BCUT2D eigenvalue weighted by Gasteiger charge is 2.25. The van der Waals surface area contributed by atoms with Crippen LogP contribution in [0.5, 0.6) is 0 Å². The van der Waals surface area contributed by atoms with Gasteiger partial charge in [0.15, 0.2) is 6.04 Å². The van der Waals surface area contributed by atoms with Crippen LogP contribution in [0, 0.1) is 0 Å². The lowest BCUT2D eigenvalue weighted by atomic mass is 10.2. The third-order valence-corrected chi connectivity index (χ3v) is 2.69. The van der Waals surface area contributed by atoms with E-state index in [2.05, 4.69) is 10.6 Å². The fraction of sp³-hybridized carbons (Fsp3) is 0.667. The maximum absolute atomic E-state index is 12.4. The van der Waals surface area contributed by atoms with E-state index in [-0.39, 0.29) is 0 Å². The molecule has 0 fully saturated rings. The molecule has 126 valence electrons. The zero-order valence-corrected chi connectivity index (χ0v) is 12.6. The van der Waals surface area contributed by atoms with Gasteiger partial charge in [-0.2, -0.15) is 0 Å². The summed E-state index contributed by atoms with van der Waals surface area (Å²) in [5.74, 6) is -3.58. The van der Waals surface area contributed by atoms with Crippen LogP contribution in [0.1, 0.15) is 20.8 Å². The Morgan fingerprint density at radius 3 is 1.73 bits per heavy atom. The zero-order valence-electron chi connectivity index (χ0n) is 12.6. The summed E-state index contributed by atoms with van der Waals surface area (Å²) in [5, 5.41) is 15.2. The molecule has 0 aliphatic heterocycles. The van der Waals surface area contributed by atoms with Crippen LogP contribution in [0.2, 0.25) is 0 Å². The van der Waals surface area contributed by atoms with E-state index in [1.807, 2.05) is 5.32 Å². The first-order chi connectivity index (χ1) is 10.1. The molecule has 4 atom stereocenters.